The number of rotatable bonds is 2. The first-order valence-corrected chi connectivity index (χ1v) is 3.99. The minimum absolute atomic E-state index is 0.0163. The summed E-state index contributed by atoms with van der Waals surface area (Å²) in [6.07, 6.45) is -6.83. The van der Waals surface area contributed by atoms with E-state index in [1.54, 1.807) is 6.07 Å². The third kappa shape index (κ3) is 2.65. The van der Waals surface area contributed by atoms with Crippen LogP contribution in [0.4, 0.5) is 13.2 Å². The number of aliphatic hydroxyl groups is 1. The van der Waals surface area contributed by atoms with Crippen molar-refractivity contribution in [1.29, 1.82) is 0 Å². The number of halogens is 3. The van der Waals surface area contributed by atoms with E-state index >= 15 is 0 Å². The number of benzene rings is 1. The van der Waals surface area contributed by atoms with Crippen LogP contribution in [0.3, 0.4) is 0 Å². The molecule has 0 heterocycles. The van der Waals surface area contributed by atoms with Crippen LogP contribution in [0.2, 0.25) is 0 Å². The van der Waals surface area contributed by atoms with Gasteiger partial charge in [0.15, 0.2) is 6.10 Å². The molecule has 6 heteroatoms. The number of hydrogen-bond acceptors (Lipinski definition) is 1. The Kier molecular flexibility index (Phi) is 3.24. The molecule has 0 saturated heterocycles. The second kappa shape index (κ2) is 4.25. The molecule has 1 unspecified atom stereocenters. The summed E-state index contributed by atoms with van der Waals surface area (Å²) < 4.78 is 36.6. The van der Waals surface area contributed by atoms with Gasteiger partial charge in [-0.25, -0.2) is 0 Å². The molecule has 0 saturated carbocycles. The molecule has 15 heavy (non-hydrogen) atoms. The van der Waals surface area contributed by atoms with Crippen LogP contribution in [0.5, 0.6) is 0 Å². The highest BCUT2D eigenvalue weighted by Gasteiger charge is 2.49. The van der Waals surface area contributed by atoms with Gasteiger partial charge in [-0.15, -0.1) is 0 Å². The summed E-state index contributed by atoms with van der Waals surface area (Å²) in [7, 11) is 0. The van der Waals surface area contributed by atoms with Crippen molar-refractivity contribution in [2.45, 2.75) is 12.3 Å². The minimum atomic E-state index is -4.86. The molecule has 0 aromatic heterocycles. The highest BCUT2D eigenvalue weighted by atomic mass is 19.4. The molecule has 0 aliphatic heterocycles. The summed E-state index contributed by atoms with van der Waals surface area (Å²) in [5, 5.41) is 9.31. The first kappa shape index (κ1) is 11.4. The van der Waals surface area contributed by atoms with E-state index in [1.807, 2.05) is 0 Å². The lowest BCUT2D eigenvalue weighted by Gasteiger charge is -2.08. The van der Waals surface area contributed by atoms with E-state index < -0.39 is 18.0 Å². The lowest BCUT2D eigenvalue weighted by atomic mass is 10.1. The van der Waals surface area contributed by atoms with Gasteiger partial charge >= 0.3 is 11.9 Å². The van der Waals surface area contributed by atoms with Gasteiger partial charge in [0.1, 0.15) is 0 Å². The predicted octanol–water partition coefficient (Wildman–Crippen LogP) is 1.95. The fourth-order valence-corrected chi connectivity index (χ4v) is 1.06. The second-order valence-corrected chi connectivity index (χ2v) is 2.80. The highest BCUT2D eigenvalue weighted by Crippen LogP contribution is 2.25. The van der Waals surface area contributed by atoms with Gasteiger partial charge in [-0.1, -0.05) is 30.3 Å². The van der Waals surface area contributed by atoms with Gasteiger partial charge < -0.3 is 10.6 Å². The van der Waals surface area contributed by atoms with Crippen molar-refractivity contribution in [1.82, 2.24) is 0 Å². The molecule has 0 amide bonds. The standard InChI is InChI=1S/C9H7F3N2O/c10-9(11,12)8(14-13)7(15)6-4-2-1-3-5-6/h1-5,7,15H. The van der Waals surface area contributed by atoms with Gasteiger partial charge in [0, 0.05) is 0 Å². The maximum Gasteiger partial charge on any atom is 0.493 e. The van der Waals surface area contributed by atoms with E-state index in [0.29, 0.717) is 0 Å². The lowest BCUT2D eigenvalue weighted by Crippen LogP contribution is -2.30. The Morgan fingerprint density at radius 2 is 1.80 bits per heavy atom. The van der Waals surface area contributed by atoms with Crippen LogP contribution in [-0.4, -0.2) is 21.8 Å². The molecule has 80 valence electrons. The van der Waals surface area contributed by atoms with Gasteiger partial charge in [0.2, 0.25) is 0 Å². The van der Waals surface area contributed by atoms with Crippen LogP contribution in [0.1, 0.15) is 11.7 Å². The molecule has 1 rings (SSSR count). The normalized spacial score (nSPS) is 13.1. The quantitative estimate of drug-likeness (QED) is 0.458. The molecule has 0 spiro atoms. The molecule has 0 aliphatic carbocycles. The third-order valence-corrected chi connectivity index (χ3v) is 1.77. The first-order chi connectivity index (χ1) is 6.96. The summed E-state index contributed by atoms with van der Waals surface area (Å²) in [5.74, 6) is 0. The van der Waals surface area contributed by atoms with E-state index in [4.69, 9.17) is 5.53 Å². The summed E-state index contributed by atoms with van der Waals surface area (Å²) in [4.78, 5) is 2.08. The van der Waals surface area contributed by atoms with Crippen LogP contribution in [0.15, 0.2) is 30.3 Å². The predicted molar refractivity (Wildman–Crippen MR) is 46.1 cm³/mol. The van der Waals surface area contributed by atoms with Gasteiger partial charge in [0.05, 0.1) is 0 Å². The van der Waals surface area contributed by atoms with Crippen molar-refractivity contribution in [3.05, 3.63) is 41.4 Å². The smallest absolute Gasteiger partial charge is 0.376 e. The molecule has 1 aromatic carbocycles. The van der Waals surface area contributed by atoms with E-state index in [9.17, 15) is 18.3 Å². The number of hydrogen-bond donors (Lipinski definition) is 1. The number of aliphatic hydroxyl groups excluding tert-OH is 1. The zero-order valence-corrected chi connectivity index (χ0v) is 7.44. The zero-order chi connectivity index (χ0) is 11.5. The summed E-state index contributed by atoms with van der Waals surface area (Å²) in [6, 6.07) is 7.16. The topological polar surface area (TPSA) is 56.6 Å². The lowest BCUT2D eigenvalue weighted by molar-refractivity contribution is -0.126. The Morgan fingerprint density at radius 1 is 1.27 bits per heavy atom. The number of nitrogens with zero attached hydrogens (tertiary/aromatic N) is 2. The Labute approximate surface area is 83.4 Å². The Hall–Kier alpha value is -1.65. The zero-order valence-electron chi connectivity index (χ0n) is 7.44. The molecular formula is C9H7F3N2O. The average molecular weight is 216 g/mol. The molecule has 3 nitrogen and oxygen atoms in total. The van der Waals surface area contributed by atoms with Gasteiger partial charge in [-0.3, -0.25) is 0 Å². The van der Waals surface area contributed by atoms with Crippen molar-refractivity contribution in [2.24, 2.45) is 0 Å². The van der Waals surface area contributed by atoms with Gasteiger partial charge in [-0.2, -0.15) is 18.0 Å². The SMILES string of the molecule is [N-]=[N+]=C(C(O)c1ccccc1)C(F)(F)F. The average Bonchev–Trinajstić information content (AvgIpc) is 2.18. The van der Waals surface area contributed by atoms with E-state index in [0.717, 1.165) is 0 Å². The van der Waals surface area contributed by atoms with Crippen LogP contribution in [0.25, 0.3) is 5.53 Å². The van der Waals surface area contributed by atoms with Crippen molar-refractivity contribution in [3.8, 4) is 0 Å². The van der Waals surface area contributed by atoms with Crippen molar-refractivity contribution < 1.29 is 23.1 Å². The summed E-state index contributed by atoms with van der Waals surface area (Å²) >= 11 is 0. The fraction of sp³-hybridized carbons (Fsp3) is 0.222. The molecule has 0 fully saturated rings. The van der Waals surface area contributed by atoms with Gasteiger partial charge in [-0.05, 0) is 5.56 Å². The third-order valence-electron chi connectivity index (χ3n) is 1.77. The summed E-state index contributed by atoms with van der Waals surface area (Å²) in [6.45, 7) is 0. The molecule has 1 aromatic rings. The maximum absolute atomic E-state index is 12.2. The molecule has 0 bridgehead atoms. The van der Waals surface area contributed by atoms with E-state index in [2.05, 4.69) is 4.79 Å². The fourth-order valence-electron chi connectivity index (χ4n) is 1.06. The van der Waals surface area contributed by atoms with Crippen molar-refractivity contribution in [3.63, 3.8) is 0 Å². The monoisotopic (exact) mass is 216 g/mol. The molecular weight excluding hydrogens is 209 g/mol. The largest absolute Gasteiger partial charge is 0.493 e. The van der Waals surface area contributed by atoms with Crippen LogP contribution >= 0.6 is 0 Å². The maximum atomic E-state index is 12.2. The number of alkyl halides is 3. The van der Waals surface area contributed by atoms with Crippen molar-refractivity contribution >= 4 is 5.71 Å². The Morgan fingerprint density at radius 3 is 2.20 bits per heavy atom. The highest BCUT2D eigenvalue weighted by molar-refractivity contribution is 5.89. The molecule has 1 atom stereocenters. The molecule has 1 N–H and O–H groups in total. The van der Waals surface area contributed by atoms with Crippen molar-refractivity contribution in [2.75, 3.05) is 0 Å². The van der Waals surface area contributed by atoms with Crippen LogP contribution in [-0.2, 0) is 0 Å². The summed E-state index contributed by atoms with van der Waals surface area (Å²) in [5.41, 5.74) is 6.59. The first-order valence-electron chi connectivity index (χ1n) is 3.99. The second-order valence-electron chi connectivity index (χ2n) is 2.80. The molecule has 0 aliphatic rings. The molecule has 0 radical (unpaired) electrons. The minimum Gasteiger partial charge on any atom is -0.376 e. The van der Waals surface area contributed by atoms with E-state index in [1.165, 1.54) is 24.3 Å². The van der Waals surface area contributed by atoms with Gasteiger partial charge in [0.25, 0.3) is 0 Å². The van der Waals surface area contributed by atoms with Crippen LogP contribution in [0, 0.1) is 0 Å². The van der Waals surface area contributed by atoms with Crippen LogP contribution < -0.4 is 0 Å². The Bertz CT molecular complexity index is 382. The van der Waals surface area contributed by atoms with E-state index in [-0.39, 0.29) is 5.56 Å². The Balaban J connectivity index is 3.05.